The van der Waals surface area contributed by atoms with Gasteiger partial charge in [-0.2, -0.15) is 5.10 Å². The summed E-state index contributed by atoms with van der Waals surface area (Å²) < 4.78 is 1.76. The lowest BCUT2D eigenvalue weighted by atomic mass is 10.2. The third kappa shape index (κ3) is 2.36. The standard InChI is InChI=1S/C18H17ClN4O/c1-12-15-16(19)14(18(24)22-9-5-6-10-22)11-20-17(15)23(21-12)13-7-3-2-4-8-13/h2-4,7-8,11H,5-6,9-10H2,1H3. The van der Waals surface area contributed by atoms with Crippen LogP contribution in [0.2, 0.25) is 5.02 Å². The smallest absolute Gasteiger partial charge is 0.256 e. The van der Waals surface area contributed by atoms with E-state index in [-0.39, 0.29) is 5.91 Å². The van der Waals surface area contributed by atoms with Crippen molar-refractivity contribution >= 4 is 28.5 Å². The number of fused-ring (bicyclic) bond motifs is 1. The molecule has 5 nitrogen and oxygen atoms in total. The molecule has 1 aliphatic heterocycles. The molecule has 0 radical (unpaired) electrons. The quantitative estimate of drug-likeness (QED) is 0.716. The van der Waals surface area contributed by atoms with Crippen LogP contribution in [0.5, 0.6) is 0 Å². The summed E-state index contributed by atoms with van der Waals surface area (Å²) in [6, 6.07) is 9.78. The molecule has 0 N–H and O–H groups in total. The molecule has 1 fully saturated rings. The number of amides is 1. The summed E-state index contributed by atoms with van der Waals surface area (Å²) in [7, 11) is 0. The molecule has 0 unspecified atom stereocenters. The van der Waals surface area contributed by atoms with Gasteiger partial charge in [-0.1, -0.05) is 29.8 Å². The van der Waals surface area contributed by atoms with Gasteiger partial charge in [-0.25, -0.2) is 9.67 Å². The number of rotatable bonds is 2. The largest absolute Gasteiger partial charge is 0.339 e. The van der Waals surface area contributed by atoms with Gasteiger partial charge in [0.1, 0.15) is 0 Å². The summed E-state index contributed by atoms with van der Waals surface area (Å²) in [5, 5.41) is 5.75. The summed E-state index contributed by atoms with van der Waals surface area (Å²) in [6.45, 7) is 3.46. The highest BCUT2D eigenvalue weighted by molar-refractivity contribution is 6.38. The molecule has 2 aromatic heterocycles. The van der Waals surface area contributed by atoms with Gasteiger partial charge < -0.3 is 4.90 Å². The average Bonchev–Trinajstić information content (AvgIpc) is 3.24. The predicted octanol–water partition coefficient (Wildman–Crippen LogP) is 3.62. The van der Waals surface area contributed by atoms with Crippen molar-refractivity contribution in [2.75, 3.05) is 13.1 Å². The molecule has 1 saturated heterocycles. The molecule has 0 bridgehead atoms. The van der Waals surface area contributed by atoms with Crippen molar-refractivity contribution in [3.8, 4) is 5.69 Å². The zero-order chi connectivity index (χ0) is 16.7. The summed E-state index contributed by atoms with van der Waals surface area (Å²) in [5.41, 5.74) is 2.81. The van der Waals surface area contributed by atoms with Crippen molar-refractivity contribution in [3.05, 3.63) is 52.8 Å². The Kier molecular flexibility index (Phi) is 3.73. The second-order valence-electron chi connectivity index (χ2n) is 6.02. The molecule has 1 aliphatic rings. The Morgan fingerprint density at radius 3 is 2.58 bits per heavy atom. The number of aryl methyl sites for hydroxylation is 1. The molecule has 0 atom stereocenters. The van der Waals surface area contributed by atoms with Crippen molar-refractivity contribution in [1.82, 2.24) is 19.7 Å². The Hall–Kier alpha value is -2.40. The highest BCUT2D eigenvalue weighted by Crippen LogP contribution is 2.31. The number of nitrogens with zero attached hydrogens (tertiary/aromatic N) is 4. The maximum absolute atomic E-state index is 12.7. The molecule has 0 saturated carbocycles. The van der Waals surface area contributed by atoms with E-state index in [1.54, 1.807) is 10.9 Å². The number of aromatic nitrogens is 3. The third-order valence-corrected chi connectivity index (χ3v) is 4.82. The highest BCUT2D eigenvalue weighted by Gasteiger charge is 2.25. The number of carbonyl (C=O) groups excluding carboxylic acids is 1. The van der Waals surface area contributed by atoms with Crippen molar-refractivity contribution in [3.63, 3.8) is 0 Å². The van der Waals surface area contributed by atoms with Gasteiger partial charge in [0, 0.05) is 19.3 Å². The molecule has 6 heteroatoms. The van der Waals surface area contributed by atoms with Gasteiger partial charge >= 0.3 is 0 Å². The Balaban J connectivity index is 1.85. The van der Waals surface area contributed by atoms with Gasteiger partial charge in [0.2, 0.25) is 0 Å². The first-order valence-corrected chi connectivity index (χ1v) is 8.43. The normalized spacial score (nSPS) is 14.5. The Labute approximate surface area is 144 Å². The van der Waals surface area contributed by atoms with Crippen LogP contribution in [-0.2, 0) is 0 Å². The Morgan fingerprint density at radius 1 is 1.17 bits per heavy atom. The van der Waals surface area contributed by atoms with E-state index >= 15 is 0 Å². The number of hydrogen-bond acceptors (Lipinski definition) is 3. The average molecular weight is 341 g/mol. The van der Waals surface area contributed by atoms with Crippen LogP contribution in [0.15, 0.2) is 36.5 Å². The molecule has 24 heavy (non-hydrogen) atoms. The minimum atomic E-state index is -0.0428. The van der Waals surface area contributed by atoms with Crippen molar-refractivity contribution < 1.29 is 4.79 Å². The van der Waals surface area contributed by atoms with Gasteiger partial charge in [0.15, 0.2) is 5.65 Å². The van der Waals surface area contributed by atoms with Crippen LogP contribution >= 0.6 is 11.6 Å². The lowest BCUT2D eigenvalue weighted by Gasteiger charge is -2.16. The van der Waals surface area contributed by atoms with Crippen LogP contribution in [0.25, 0.3) is 16.7 Å². The van der Waals surface area contributed by atoms with Gasteiger partial charge in [-0.15, -0.1) is 0 Å². The monoisotopic (exact) mass is 340 g/mol. The molecule has 3 aromatic rings. The second-order valence-corrected chi connectivity index (χ2v) is 6.39. The zero-order valence-electron chi connectivity index (χ0n) is 13.4. The number of benzene rings is 1. The van der Waals surface area contributed by atoms with Gasteiger partial charge in [-0.3, -0.25) is 4.79 Å². The fourth-order valence-electron chi connectivity index (χ4n) is 3.20. The van der Waals surface area contributed by atoms with E-state index in [0.717, 1.165) is 42.7 Å². The van der Waals surface area contributed by atoms with E-state index in [1.807, 2.05) is 42.2 Å². The number of pyridine rings is 1. The first-order valence-electron chi connectivity index (χ1n) is 8.05. The Morgan fingerprint density at radius 2 is 1.88 bits per heavy atom. The van der Waals surface area contributed by atoms with Gasteiger partial charge in [0.05, 0.1) is 27.4 Å². The number of carbonyl (C=O) groups is 1. The number of likely N-dealkylation sites (tertiary alicyclic amines) is 1. The molecule has 0 spiro atoms. The predicted molar refractivity (Wildman–Crippen MR) is 93.7 cm³/mol. The SMILES string of the molecule is Cc1nn(-c2ccccc2)c2ncc(C(=O)N3CCCC3)c(Cl)c12. The molecular formula is C18H17ClN4O. The molecule has 122 valence electrons. The van der Waals surface area contributed by atoms with Crippen LogP contribution in [0.3, 0.4) is 0 Å². The molecule has 3 heterocycles. The fourth-order valence-corrected chi connectivity index (χ4v) is 3.55. The summed E-state index contributed by atoms with van der Waals surface area (Å²) >= 11 is 6.58. The maximum Gasteiger partial charge on any atom is 0.256 e. The van der Waals surface area contributed by atoms with E-state index in [9.17, 15) is 4.79 Å². The topological polar surface area (TPSA) is 51.0 Å². The van der Waals surface area contributed by atoms with Gasteiger partial charge in [0.25, 0.3) is 5.91 Å². The van der Waals surface area contributed by atoms with E-state index < -0.39 is 0 Å². The van der Waals surface area contributed by atoms with Gasteiger partial charge in [-0.05, 0) is 31.9 Å². The van der Waals surface area contributed by atoms with Crippen molar-refractivity contribution in [2.24, 2.45) is 0 Å². The van der Waals surface area contributed by atoms with Crippen LogP contribution in [0.1, 0.15) is 28.9 Å². The molecule has 4 rings (SSSR count). The summed E-state index contributed by atoms with van der Waals surface area (Å²) in [6.07, 6.45) is 3.67. The van der Waals surface area contributed by atoms with Crippen LogP contribution < -0.4 is 0 Å². The number of halogens is 1. The second kappa shape index (κ2) is 5.91. The first kappa shape index (κ1) is 15.1. The van der Waals surface area contributed by atoms with Crippen molar-refractivity contribution in [2.45, 2.75) is 19.8 Å². The highest BCUT2D eigenvalue weighted by atomic mass is 35.5. The maximum atomic E-state index is 12.7. The number of para-hydroxylation sites is 1. The zero-order valence-corrected chi connectivity index (χ0v) is 14.1. The third-order valence-electron chi connectivity index (χ3n) is 4.43. The van der Waals surface area contributed by atoms with Crippen LogP contribution in [0.4, 0.5) is 0 Å². The number of hydrogen-bond donors (Lipinski definition) is 0. The van der Waals surface area contributed by atoms with Crippen LogP contribution in [0, 0.1) is 6.92 Å². The first-order chi connectivity index (χ1) is 11.7. The molecule has 0 aliphatic carbocycles. The summed E-state index contributed by atoms with van der Waals surface area (Å²) in [4.78, 5) is 19.0. The van der Waals surface area contributed by atoms with Crippen molar-refractivity contribution in [1.29, 1.82) is 0 Å². The minimum absolute atomic E-state index is 0.0428. The summed E-state index contributed by atoms with van der Waals surface area (Å²) in [5.74, 6) is -0.0428. The lowest BCUT2D eigenvalue weighted by Crippen LogP contribution is -2.28. The fraction of sp³-hybridized carbons (Fsp3) is 0.278. The molecular weight excluding hydrogens is 324 g/mol. The molecule has 1 aromatic carbocycles. The van der Waals surface area contributed by atoms with Crippen LogP contribution in [-0.4, -0.2) is 38.7 Å². The minimum Gasteiger partial charge on any atom is -0.339 e. The molecule has 1 amide bonds. The van der Waals surface area contributed by atoms with E-state index in [0.29, 0.717) is 16.2 Å². The van der Waals surface area contributed by atoms with E-state index in [2.05, 4.69) is 10.1 Å². The lowest BCUT2D eigenvalue weighted by molar-refractivity contribution is 0.0793. The van der Waals surface area contributed by atoms with E-state index in [1.165, 1.54) is 0 Å². The Bertz CT molecular complexity index is 914. The van der Waals surface area contributed by atoms with E-state index in [4.69, 9.17) is 11.6 Å².